The van der Waals surface area contributed by atoms with Gasteiger partial charge in [-0.2, -0.15) is 8.78 Å². The maximum absolute atomic E-state index is 16.6. The lowest BCUT2D eigenvalue weighted by atomic mass is 9.80. The zero-order valence-electron chi connectivity index (χ0n) is 19.2. The third-order valence-corrected chi connectivity index (χ3v) is 5.66. The quantitative estimate of drug-likeness (QED) is 0.281. The van der Waals surface area contributed by atoms with E-state index in [1.54, 1.807) is 37.3 Å². The minimum atomic E-state index is -3.69. The SMILES string of the molecule is C#CCC(C(=O)OCC)(N(Cc1ccccc1)c1ccc(OC)cc1)C(F)(F)c1ccccc1. The van der Waals surface area contributed by atoms with E-state index in [0.717, 1.165) is 5.56 Å². The van der Waals surface area contributed by atoms with E-state index in [1.807, 2.05) is 30.3 Å². The van der Waals surface area contributed by atoms with Crippen LogP contribution in [0.15, 0.2) is 84.9 Å². The molecule has 3 aromatic rings. The number of esters is 1. The average Bonchev–Trinajstić information content (AvgIpc) is 2.87. The van der Waals surface area contributed by atoms with Crippen LogP contribution in [0, 0.1) is 12.3 Å². The molecule has 0 radical (unpaired) electrons. The molecule has 3 aromatic carbocycles. The smallest absolute Gasteiger partial charge is 0.339 e. The number of anilines is 1. The third-order valence-electron chi connectivity index (χ3n) is 5.66. The van der Waals surface area contributed by atoms with E-state index in [2.05, 4.69) is 5.92 Å². The van der Waals surface area contributed by atoms with Crippen molar-refractivity contribution in [2.45, 2.75) is 31.4 Å². The van der Waals surface area contributed by atoms with Crippen molar-refractivity contribution in [3.8, 4) is 18.1 Å². The van der Waals surface area contributed by atoms with Gasteiger partial charge in [-0.1, -0.05) is 60.7 Å². The van der Waals surface area contributed by atoms with Gasteiger partial charge in [0.2, 0.25) is 5.54 Å². The second-order valence-corrected chi connectivity index (χ2v) is 7.67. The van der Waals surface area contributed by atoms with E-state index in [4.69, 9.17) is 15.9 Å². The lowest BCUT2D eigenvalue weighted by Crippen LogP contribution is -2.64. The fraction of sp³-hybridized carbons (Fsp3) is 0.250. The number of carbonyl (C=O) groups excluding carboxylic acids is 1. The molecular weight excluding hydrogens is 436 g/mol. The Bertz CT molecular complexity index is 1110. The highest BCUT2D eigenvalue weighted by Crippen LogP contribution is 2.48. The number of nitrogens with zero attached hydrogens (tertiary/aromatic N) is 1. The van der Waals surface area contributed by atoms with Crippen LogP contribution >= 0.6 is 0 Å². The number of terminal acetylenes is 1. The predicted octanol–water partition coefficient (Wildman–Crippen LogP) is 5.82. The van der Waals surface area contributed by atoms with Gasteiger partial charge in [0.1, 0.15) is 5.75 Å². The minimum Gasteiger partial charge on any atom is -0.497 e. The van der Waals surface area contributed by atoms with Crippen LogP contribution in [0.5, 0.6) is 5.75 Å². The van der Waals surface area contributed by atoms with Crippen LogP contribution in [0.3, 0.4) is 0 Å². The highest BCUT2D eigenvalue weighted by atomic mass is 19.3. The molecule has 0 aliphatic carbocycles. The largest absolute Gasteiger partial charge is 0.497 e. The van der Waals surface area contributed by atoms with Crippen molar-refractivity contribution in [1.29, 1.82) is 0 Å². The Balaban J connectivity index is 2.31. The fourth-order valence-electron chi connectivity index (χ4n) is 3.95. The fourth-order valence-corrected chi connectivity index (χ4v) is 3.95. The summed E-state index contributed by atoms with van der Waals surface area (Å²) in [5, 5.41) is 0. The summed E-state index contributed by atoms with van der Waals surface area (Å²) in [4.78, 5) is 14.9. The van der Waals surface area contributed by atoms with Gasteiger partial charge in [-0.05, 0) is 36.8 Å². The molecule has 0 amide bonds. The molecule has 0 heterocycles. The maximum Gasteiger partial charge on any atom is 0.339 e. The second kappa shape index (κ2) is 10.8. The normalized spacial score (nSPS) is 12.8. The van der Waals surface area contributed by atoms with Gasteiger partial charge in [0.25, 0.3) is 0 Å². The third kappa shape index (κ3) is 4.74. The molecule has 6 heteroatoms. The van der Waals surface area contributed by atoms with Gasteiger partial charge in [-0.15, -0.1) is 12.3 Å². The van der Waals surface area contributed by atoms with Gasteiger partial charge in [0, 0.05) is 24.2 Å². The number of methoxy groups -OCH3 is 1. The van der Waals surface area contributed by atoms with Crippen LogP contribution in [0.1, 0.15) is 24.5 Å². The number of benzene rings is 3. The Morgan fingerprint density at radius 3 is 2.09 bits per heavy atom. The maximum atomic E-state index is 16.6. The summed E-state index contributed by atoms with van der Waals surface area (Å²) in [5.74, 6) is -1.89. The average molecular weight is 464 g/mol. The van der Waals surface area contributed by atoms with E-state index in [1.165, 1.54) is 36.3 Å². The topological polar surface area (TPSA) is 38.8 Å². The number of rotatable bonds is 10. The number of hydrogen-bond acceptors (Lipinski definition) is 4. The molecule has 1 atom stereocenters. The van der Waals surface area contributed by atoms with Crippen LogP contribution < -0.4 is 9.64 Å². The number of alkyl halides is 2. The highest BCUT2D eigenvalue weighted by Gasteiger charge is 2.64. The van der Waals surface area contributed by atoms with E-state index >= 15 is 8.78 Å². The van der Waals surface area contributed by atoms with Crippen LogP contribution in [-0.4, -0.2) is 25.2 Å². The number of halogens is 2. The summed E-state index contributed by atoms with van der Waals surface area (Å²) in [6.07, 6.45) is 5.06. The molecule has 4 nitrogen and oxygen atoms in total. The Hall–Kier alpha value is -3.85. The van der Waals surface area contributed by atoms with Crippen LogP contribution in [0.2, 0.25) is 0 Å². The molecule has 1 unspecified atom stereocenters. The van der Waals surface area contributed by atoms with Gasteiger partial charge in [0.05, 0.1) is 13.7 Å². The lowest BCUT2D eigenvalue weighted by molar-refractivity contribution is -0.170. The van der Waals surface area contributed by atoms with Crippen molar-refractivity contribution >= 4 is 11.7 Å². The Morgan fingerprint density at radius 2 is 1.56 bits per heavy atom. The van der Waals surface area contributed by atoms with Crippen molar-refractivity contribution in [3.63, 3.8) is 0 Å². The number of hydrogen-bond donors (Lipinski definition) is 0. The van der Waals surface area contributed by atoms with Gasteiger partial charge in [-0.3, -0.25) is 0 Å². The van der Waals surface area contributed by atoms with Crippen molar-refractivity contribution in [3.05, 3.63) is 96.1 Å². The molecular formula is C28H27F2NO3. The molecule has 0 spiro atoms. The summed E-state index contributed by atoms with van der Waals surface area (Å²) in [6.45, 7) is 1.50. The van der Waals surface area contributed by atoms with Gasteiger partial charge >= 0.3 is 11.9 Å². The molecule has 0 saturated carbocycles. The van der Waals surface area contributed by atoms with Gasteiger partial charge < -0.3 is 14.4 Å². The van der Waals surface area contributed by atoms with Crippen molar-refractivity contribution < 1.29 is 23.0 Å². The molecule has 0 saturated heterocycles. The summed E-state index contributed by atoms with van der Waals surface area (Å²) in [7, 11) is 1.52. The molecule has 0 bridgehead atoms. The summed E-state index contributed by atoms with van der Waals surface area (Å²) < 4.78 is 43.6. The van der Waals surface area contributed by atoms with E-state index in [0.29, 0.717) is 11.4 Å². The summed E-state index contributed by atoms with van der Waals surface area (Å²) in [5.41, 5.74) is -1.73. The van der Waals surface area contributed by atoms with E-state index in [9.17, 15) is 4.79 Å². The lowest BCUT2D eigenvalue weighted by Gasteiger charge is -2.46. The van der Waals surface area contributed by atoms with E-state index in [-0.39, 0.29) is 18.7 Å². The monoisotopic (exact) mass is 463 g/mol. The van der Waals surface area contributed by atoms with Crippen molar-refractivity contribution in [2.24, 2.45) is 0 Å². The van der Waals surface area contributed by atoms with Crippen molar-refractivity contribution in [2.75, 3.05) is 18.6 Å². The van der Waals surface area contributed by atoms with Crippen LogP contribution in [-0.2, 0) is 22.0 Å². The molecule has 34 heavy (non-hydrogen) atoms. The molecule has 3 rings (SSSR count). The first kappa shape index (κ1) is 24.8. The molecule has 0 N–H and O–H groups in total. The first-order valence-electron chi connectivity index (χ1n) is 10.9. The van der Waals surface area contributed by atoms with E-state index < -0.39 is 23.9 Å². The van der Waals surface area contributed by atoms with Crippen LogP contribution in [0.25, 0.3) is 0 Å². The molecule has 0 aliphatic rings. The standard InChI is InChI=1S/C28H27F2NO3/c1-4-20-27(26(32)34-5-2,28(29,30)23-14-10-7-11-15-23)31(21-22-12-8-6-9-13-22)24-16-18-25(33-3)19-17-24/h1,6-19H,5,20-21H2,2-3H3. The molecule has 0 aromatic heterocycles. The Morgan fingerprint density at radius 1 is 0.971 bits per heavy atom. The van der Waals surface area contributed by atoms with Gasteiger partial charge in [0.15, 0.2) is 0 Å². The van der Waals surface area contributed by atoms with Crippen LogP contribution in [0.4, 0.5) is 14.5 Å². The Labute approximate surface area is 199 Å². The molecule has 0 fully saturated rings. The predicted molar refractivity (Wildman–Crippen MR) is 129 cm³/mol. The molecule has 176 valence electrons. The van der Waals surface area contributed by atoms with Crippen molar-refractivity contribution in [1.82, 2.24) is 0 Å². The van der Waals surface area contributed by atoms with Gasteiger partial charge in [-0.25, -0.2) is 4.79 Å². The second-order valence-electron chi connectivity index (χ2n) is 7.67. The molecule has 0 aliphatic heterocycles. The number of ether oxygens (including phenoxy) is 2. The zero-order valence-corrected chi connectivity index (χ0v) is 19.2. The number of carbonyl (C=O) groups is 1. The summed E-state index contributed by atoms with van der Waals surface area (Å²) >= 11 is 0. The summed E-state index contributed by atoms with van der Waals surface area (Å²) in [6, 6.07) is 22.9. The first-order valence-corrected chi connectivity index (χ1v) is 10.9. The first-order chi connectivity index (χ1) is 16.4. The highest BCUT2D eigenvalue weighted by molar-refractivity contribution is 5.88. The Kier molecular flexibility index (Phi) is 7.91. The minimum absolute atomic E-state index is 0.00388. The zero-order chi connectivity index (χ0) is 24.6.